The molecule has 0 bridgehead atoms. The highest BCUT2D eigenvalue weighted by molar-refractivity contribution is 6.12. The third-order valence-corrected chi connectivity index (χ3v) is 4.87. The predicted molar refractivity (Wildman–Crippen MR) is 117 cm³/mol. The van der Waals surface area contributed by atoms with Crippen LogP contribution >= 0.6 is 0 Å². The van der Waals surface area contributed by atoms with Gasteiger partial charge in [0.1, 0.15) is 5.82 Å². The molecule has 3 aromatic rings. The maximum Gasteiger partial charge on any atom is 0.363 e. The first kappa shape index (κ1) is 19.6. The third-order valence-electron chi connectivity index (χ3n) is 4.87. The van der Waals surface area contributed by atoms with Crippen LogP contribution in [0.2, 0.25) is 0 Å². The van der Waals surface area contributed by atoms with E-state index in [1.807, 2.05) is 42.5 Å². The van der Waals surface area contributed by atoms with Crippen LogP contribution in [0.15, 0.2) is 89.6 Å². The van der Waals surface area contributed by atoms with E-state index in [1.165, 1.54) is 29.8 Å². The van der Waals surface area contributed by atoms with Gasteiger partial charge in [-0.2, -0.15) is 0 Å². The Morgan fingerprint density at radius 1 is 0.967 bits per heavy atom. The Labute approximate surface area is 175 Å². The average Bonchev–Trinajstić information content (AvgIpc) is 3.14. The molecule has 4 nitrogen and oxygen atoms in total. The van der Waals surface area contributed by atoms with Crippen molar-refractivity contribution in [3.05, 3.63) is 107 Å². The summed E-state index contributed by atoms with van der Waals surface area (Å²) in [7, 11) is 0. The van der Waals surface area contributed by atoms with Crippen LogP contribution in [-0.4, -0.2) is 18.4 Å². The van der Waals surface area contributed by atoms with Gasteiger partial charge in [0.05, 0.1) is 0 Å². The molecule has 30 heavy (non-hydrogen) atoms. The summed E-state index contributed by atoms with van der Waals surface area (Å²) in [4.78, 5) is 18.7. The highest BCUT2D eigenvalue weighted by Gasteiger charge is 2.24. The van der Waals surface area contributed by atoms with Crippen molar-refractivity contribution in [2.45, 2.75) is 13.5 Å². The van der Waals surface area contributed by atoms with Gasteiger partial charge in [-0.3, -0.25) is 0 Å². The first-order valence-electron chi connectivity index (χ1n) is 9.80. The lowest BCUT2D eigenvalue weighted by atomic mass is 10.1. The quantitative estimate of drug-likeness (QED) is 0.422. The molecule has 0 N–H and O–H groups in total. The molecule has 0 unspecified atom stereocenters. The molecular weight excluding hydrogens is 379 g/mol. The monoisotopic (exact) mass is 400 g/mol. The Hall–Kier alpha value is -3.73. The standard InChI is InChI=1S/C25H21FN2O2/c1-2-28(17-19-6-4-3-5-7-19)22-14-8-18(9-15-22)16-23-25(29)30-24(27-23)20-10-12-21(26)13-11-20/h3-16H,2,17H2,1H3. The number of esters is 1. The molecule has 0 saturated carbocycles. The molecule has 0 aromatic heterocycles. The topological polar surface area (TPSA) is 41.9 Å². The molecule has 0 spiro atoms. The molecule has 0 radical (unpaired) electrons. The largest absolute Gasteiger partial charge is 0.402 e. The molecule has 1 aliphatic rings. The van der Waals surface area contributed by atoms with Crippen LogP contribution in [0.5, 0.6) is 0 Å². The normalized spacial score (nSPS) is 14.5. The SMILES string of the molecule is CCN(Cc1ccccc1)c1ccc(C=C2N=C(c3ccc(F)cc3)OC2=O)cc1. The number of anilines is 1. The molecule has 0 atom stereocenters. The van der Waals surface area contributed by atoms with Crippen molar-refractivity contribution >= 4 is 23.6 Å². The molecule has 3 aromatic carbocycles. The van der Waals surface area contributed by atoms with Crippen molar-refractivity contribution in [2.24, 2.45) is 4.99 Å². The third kappa shape index (κ3) is 4.46. The van der Waals surface area contributed by atoms with E-state index in [1.54, 1.807) is 6.08 Å². The minimum atomic E-state index is -0.516. The first-order valence-corrected chi connectivity index (χ1v) is 9.80. The van der Waals surface area contributed by atoms with Gasteiger partial charge >= 0.3 is 5.97 Å². The van der Waals surface area contributed by atoms with Gasteiger partial charge in [-0.05, 0) is 60.5 Å². The summed E-state index contributed by atoms with van der Waals surface area (Å²) >= 11 is 0. The van der Waals surface area contributed by atoms with Gasteiger partial charge in [0.2, 0.25) is 5.90 Å². The smallest absolute Gasteiger partial charge is 0.363 e. The highest BCUT2D eigenvalue weighted by atomic mass is 19.1. The van der Waals surface area contributed by atoms with E-state index in [0.717, 1.165) is 24.3 Å². The fourth-order valence-corrected chi connectivity index (χ4v) is 3.25. The molecule has 0 aliphatic carbocycles. The van der Waals surface area contributed by atoms with Gasteiger partial charge in [0, 0.05) is 24.3 Å². The molecule has 0 saturated heterocycles. The molecule has 1 heterocycles. The van der Waals surface area contributed by atoms with Crippen molar-refractivity contribution in [3.63, 3.8) is 0 Å². The number of ether oxygens (including phenoxy) is 1. The lowest BCUT2D eigenvalue weighted by Gasteiger charge is -2.23. The van der Waals surface area contributed by atoms with Crippen LogP contribution in [0.1, 0.15) is 23.6 Å². The second-order valence-electron chi connectivity index (χ2n) is 6.93. The molecule has 0 fully saturated rings. The van der Waals surface area contributed by atoms with Crippen molar-refractivity contribution < 1.29 is 13.9 Å². The van der Waals surface area contributed by atoms with Crippen molar-refractivity contribution in [2.75, 3.05) is 11.4 Å². The number of hydrogen-bond donors (Lipinski definition) is 0. The van der Waals surface area contributed by atoms with E-state index in [4.69, 9.17) is 4.74 Å². The summed E-state index contributed by atoms with van der Waals surface area (Å²) in [5, 5.41) is 0. The number of hydrogen-bond acceptors (Lipinski definition) is 4. The van der Waals surface area contributed by atoms with Gasteiger partial charge in [-0.1, -0.05) is 42.5 Å². The Kier molecular flexibility index (Phi) is 5.70. The maximum atomic E-state index is 13.1. The van der Waals surface area contributed by atoms with Gasteiger partial charge in [-0.15, -0.1) is 0 Å². The molecule has 4 rings (SSSR count). The van der Waals surface area contributed by atoms with Crippen molar-refractivity contribution in [3.8, 4) is 0 Å². The molecule has 150 valence electrons. The summed E-state index contributed by atoms with van der Waals surface area (Å²) in [5.74, 6) is -0.687. The fourth-order valence-electron chi connectivity index (χ4n) is 3.25. The minimum absolute atomic E-state index is 0.183. The zero-order valence-corrected chi connectivity index (χ0v) is 16.6. The van der Waals surface area contributed by atoms with Crippen LogP contribution in [0.3, 0.4) is 0 Å². The van der Waals surface area contributed by atoms with E-state index in [9.17, 15) is 9.18 Å². The van der Waals surface area contributed by atoms with Crippen LogP contribution in [0.4, 0.5) is 10.1 Å². The minimum Gasteiger partial charge on any atom is -0.402 e. The second kappa shape index (κ2) is 8.74. The Balaban J connectivity index is 1.51. The summed E-state index contributed by atoms with van der Waals surface area (Å²) in [5.41, 5.74) is 3.99. The van der Waals surface area contributed by atoms with Crippen molar-refractivity contribution in [1.82, 2.24) is 0 Å². The van der Waals surface area contributed by atoms with E-state index in [2.05, 4.69) is 28.9 Å². The Bertz CT molecular complexity index is 1090. The van der Waals surface area contributed by atoms with Gasteiger partial charge in [-0.25, -0.2) is 14.2 Å². The number of carbonyl (C=O) groups is 1. The zero-order chi connectivity index (χ0) is 20.9. The first-order chi connectivity index (χ1) is 14.6. The average molecular weight is 400 g/mol. The van der Waals surface area contributed by atoms with Crippen LogP contribution in [0, 0.1) is 5.82 Å². The number of cyclic esters (lactones) is 1. The Morgan fingerprint density at radius 2 is 1.67 bits per heavy atom. The lowest BCUT2D eigenvalue weighted by molar-refractivity contribution is -0.129. The van der Waals surface area contributed by atoms with E-state index in [0.29, 0.717) is 5.56 Å². The van der Waals surface area contributed by atoms with Gasteiger partial charge < -0.3 is 9.64 Å². The van der Waals surface area contributed by atoms with Crippen LogP contribution < -0.4 is 4.90 Å². The number of rotatable bonds is 6. The van der Waals surface area contributed by atoms with E-state index < -0.39 is 5.97 Å². The van der Waals surface area contributed by atoms with Gasteiger partial charge in [0.15, 0.2) is 5.70 Å². The number of carbonyl (C=O) groups excluding carboxylic acids is 1. The molecule has 5 heteroatoms. The molecular formula is C25H21FN2O2. The molecule has 0 amide bonds. The van der Waals surface area contributed by atoms with Crippen molar-refractivity contribution in [1.29, 1.82) is 0 Å². The van der Waals surface area contributed by atoms with Crippen LogP contribution in [0.25, 0.3) is 6.08 Å². The van der Waals surface area contributed by atoms with Crippen LogP contribution in [-0.2, 0) is 16.1 Å². The lowest BCUT2D eigenvalue weighted by Crippen LogP contribution is -2.21. The summed E-state index contributed by atoms with van der Waals surface area (Å²) in [6.07, 6.45) is 1.69. The zero-order valence-electron chi connectivity index (χ0n) is 16.6. The maximum absolute atomic E-state index is 13.1. The fraction of sp³-hybridized carbons (Fsp3) is 0.120. The second-order valence-corrected chi connectivity index (χ2v) is 6.93. The number of nitrogens with zero attached hydrogens (tertiary/aromatic N) is 2. The molecule has 1 aliphatic heterocycles. The van der Waals surface area contributed by atoms with Gasteiger partial charge in [0.25, 0.3) is 0 Å². The summed E-state index contributed by atoms with van der Waals surface area (Å²) in [6.45, 7) is 3.83. The van der Waals surface area contributed by atoms with E-state index in [-0.39, 0.29) is 17.4 Å². The predicted octanol–water partition coefficient (Wildman–Crippen LogP) is 5.20. The summed E-state index contributed by atoms with van der Waals surface area (Å²) in [6, 6.07) is 24.0. The van der Waals surface area contributed by atoms with E-state index >= 15 is 0 Å². The summed E-state index contributed by atoms with van der Waals surface area (Å²) < 4.78 is 18.3. The number of aliphatic imine (C=N–C) groups is 1. The number of halogens is 1. The number of benzene rings is 3. The Morgan fingerprint density at radius 3 is 2.33 bits per heavy atom. The highest BCUT2D eigenvalue weighted by Crippen LogP contribution is 2.22.